The second-order valence-corrected chi connectivity index (χ2v) is 2.88. The molecule has 0 unspecified atom stereocenters. The molecule has 1 aromatic rings. The SMILES string of the molecule is Cc1cc(N)c(C)c(C)c1O.OCl. The predicted molar refractivity (Wildman–Crippen MR) is 54.8 cm³/mol. The van der Waals surface area contributed by atoms with Gasteiger partial charge in [0, 0.05) is 5.69 Å². The standard InChI is InChI=1S/C9H13NO.ClHO/c1-5-4-8(10)6(2)7(3)9(5)11;1-2/h4,11H,10H2,1-3H3;2H. The van der Waals surface area contributed by atoms with E-state index in [1.165, 1.54) is 0 Å². The number of hydrogen-bond donors (Lipinski definition) is 3. The minimum absolute atomic E-state index is 0.358. The average Bonchev–Trinajstić information content (AvgIpc) is 2.15. The van der Waals surface area contributed by atoms with Crippen molar-refractivity contribution in [3.8, 4) is 5.75 Å². The molecule has 0 saturated carbocycles. The first-order chi connectivity index (χ1) is 6.04. The van der Waals surface area contributed by atoms with E-state index >= 15 is 0 Å². The van der Waals surface area contributed by atoms with Gasteiger partial charge < -0.3 is 10.8 Å². The Bertz CT molecular complexity index is 274. The van der Waals surface area contributed by atoms with Gasteiger partial charge in [-0.25, -0.2) is 0 Å². The van der Waals surface area contributed by atoms with Gasteiger partial charge in [0.2, 0.25) is 0 Å². The summed E-state index contributed by atoms with van der Waals surface area (Å²) in [6.07, 6.45) is 0. The third-order valence-corrected chi connectivity index (χ3v) is 2.10. The molecule has 4 heteroatoms. The quantitative estimate of drug-likeness (QED) is 0.447. The van der Waals surface area contributed by atoms with Crippen molar-refractivity contribution in [3.05, 3.63) is 22.8 Å². The molecule has 4 N–H and O–H groups in total. The summed E-state index contributed by atoms with van der Waals surface area (Å²) in [5.74, 6) is 0.358. The summed E-state index contributed by atoms with van der Waals surface area (Å²) >= 11 is 3.64. The van der Waals surface area contributed by atoms with Crippen LogP contribution in [0.5, 0.6) is 5.75 Å². The van der Waals surface area contributed by atoms with E-state index < -0.39 is 0 Å². The van der Waals surface area contributed by atoms with E-state index in [-0.39, 0.29) is 0 Å². The second-order valence-electron chi connectivity index (χ2n) is 2.88. The zero-order valence-corrected chi connectivity index (χ0v) is 8.68. The van der Waals surface area contributed by atoms with Crippen LogP contribution in [0.25, 0.3) is 0 Å². The number of halogens is 1. The Morgan fingerprint density at radius 1 is 1.15 bits per heavy atom. The third-order valence-electron chi connectivity index (χ3n) is 2.10. The molecule has 0 aromatic heterocycles. The van der Waals surface area contributed by atoms with E-state index in [4.69, 9.17) is 10.4 Å². The number of hydrogen-bond acceptors (Lipinski definition) is 3. The molecule has 0 atom stereocenters. The van der Waals surface area contributed by atoms with Gasteiger partial charge in [-0.15, -0.1) is 0 Å². The first kappa shape index (κ1) is 12.1. The monoisotopic (exact) mass is 203 g/mol. The molecule has 0 aliphatic rings. The lowest BCUT2D eigenvalue weighted by atomic mass is 10.0. The number of nitrogens with two attached hydrogens (primary N) is 1. The summed E-state index contributed by atoms with van der Waals surface area (Å²) in [6.45, 7) is 5.62. The lowest BCUT2D eigenvalue weighted by molar-refractivity contribution is 0.466. The topological polar surface area (TPSA) is 66.5 Å². The second kappa shape index (κ2) is 4.94. The third kappa shape index (κ3) is 2.50. The van der Waals surface area contributed by atoms with Crippen LogP contribution in [0.3, 0.4) is 0 Å². The lowest BCUT2D eigenvalue weighted by Gasteiger charge is -2.08. The largest absolute Gasteiger partial charge is 0.507 e. The van der Waals surface area contributed by atoms with E-state index in [9.17, 15) is 5.11 Å². The number of aromatic hydroxyl groups is 1. The number of rotatable bonds is 0. The van der Waals surface area contributed by atoms with Gasteiger partial charge in [0.25, 0.3) is 0 Å². The molecule has 74 valence electrons. The maximum atomic E-state index is 9.46. The molecule has 0 aliphatic heterocycles. The van der Waals surface area contributed by atoms with Crippen LogP contribution in [0.2, 0.25) is 0 Å². The van der Waals surface area contributed by atoms with Crippen LogP contribution in [0.15, 0.2) is 6.07 Å². The van der Waals surface area contributed by atoms with Crippen LogP contribution < -0.4 is 5.73 Å². The van der Waals surface area contributed by atoms with Gasteiger partial charge in [-0.1, -0.05) is 0 Å². The summed E-state index contributed by atoms with van der Waals surface area (Å²) < 4.78 is 6.47. The lowest BCUT2D eigenvalue weighted by Crippen LogP contribution is -1.94. The minimum atomic E-state index is 0.358. The van der Waals surface area contributed by atoms with E-state index in [1.807, 2.05) is 20.8 Å². The molecule has 1 rings (SSSR count). The molecule has 0 bridgehead atoms. The van der Waals surface area contributed by atoms with Gasteiger partial charge in [-0.3, -0.25) is 4.66 Å². The van der Waals surface area contributed by atoms with E-state index in [2.05, 4.69) is 11.9 Å². The Labute approximate surface area is 82.9 Å². The van der Waals surface area contributed by atoms with Crippen LogP contribution in [-0.2, 0) is 0 Å². The number of aryl methyl sites for hydroxylation is 1. The summed E-state index contributed by atoms with van der Waals surface area (Å²) in [5.41, 5.74) is 9.11. The summed E-state index contributed by atoms with van der Waals surface area (Å²) in [4.78, 5) is 0. The molecule has 0 radical (unpaired) electrons. The van der Waals surface area contributed by atoms with Crippen molar-refractivity contribution in [1.82, 2.24) is 0 Å². The fourth-order valence-electron chi connectivity index (χ4n) is 1.10. The molecule has 0 aliphatic carbocycles. The van der Waals surface area contributed by atoms with Crippen molar-refractivity contribution in [2.75, 3.05) is 5.73 Å². The van der Waals surface area contributed by atoms with Gasteiger partial charge in [-0.05, 0) is 43.5 Å². The number of anilines is 1. The van der Waals surface area contributed by atoms with Gasteiger partial charge in [0.15, 0.2) is 0 Å². The van der Waals surface area contributed by atoms with Gasteiger partial charge in [-0.2, -0.15) is 0 Å². The highest BCUT2D eigenvalue weighted by molar-refractivity contribution is 6.04. The van der Waals surface area contributed by atoms with E-state index in [0.717, 1.165) is 22.4 Å². The van der Waals surface area contributed by atoms with Crippen LogP contribution in [0.4, 0.5) is 5.69 Å². The Kier molecular flexibility index (Phi) is 4.59. The van der Waals surface area contributed by atoms with Crippen LogP contribution >= 0.6 is 11.9 Å². The highest BCUT2D eigenvalue weighted by Gasteiger charge is 2.05. The fraction of sp³-hybridized carbons (Fsp3) is 0.333. The Balaban J connectivity index is 0.000000671. The van der Waals surface area contributed by atoms with Gasteiger partial charge >= 0.3 is 0 Å². The summed E-state index contributed by atoms with van der Waals surface area (Å²) in [6, 6.07) is 1.79. The van der Waals surface area contributed by atoms with Crippen LogP contribution in [0, 0.1) is 20.8 Å². The predicted octanol–water partition coefficient (Wildman–Crippen LogP) is 2.03. The maximum absolute atomic E-state index is 9.46. The summed E-state index contributed by atoms with van der Waals surface area (Å²) in [7, 11) is 0. The first-order valence-corrected chi connectivity index (χ1v) is 4.10. The Morgan fingerprint density at radius 3 is 2.08 bits per heavy atom. The van der Waals surface area contributed by atoms with Gasteiger partial charge in [0.1, 0.15) is 5.75 Å². The molecular formula is C9H14ClNO2. The summed E-state index contributed by atoms with van der Waals surface area (Å²) in [5, 5.41) is 9.46. The van der Waals surface area contributed by atoms with E-state index in [1.54, 1.807) is 6.07 Å². The van der Waals surface area contributed by atoms with E-state index in [0.29, 0.717) is 5.75 Å². The van der Waals surface area contributed by atoms with Crippen molar-refractivity contribution in [2.45, 2.75) is 20.8 Å². The number of phenolic OH excluding ortho intramolecular Hbond substituents is 1. The number of nitrogen functional groups attached to an aromatic ring is 1. The van der Waals surface area contributed by atoms with Gasteiger partial charge in [0.05, 0.1) is 11.9 Å². The molecule has 0 amide bonds. The molecule has 0 spiro atoms. The normalized spacial score (nSPS) is 9.00. The maximum Gasteiger partial charge on any atom is 0.121 e. The van der Waals surface area contributed by atoms with Crippen LogP contribution in [0.1, 0.15) is 16.7 Å². The fourth-order valence-corrected chi connectivity index (χ4v) is 1.10. The smallest absolute Gasteiger partial charge is 0.121 e. The molecular weight excluding hydrogens is 190 g/mol. The molecule has 3 nitrogen and oxygen atoms in total. The minimum Gasteiger partial charge on any atom is -0.507 e. The first-order valence-electron chi connectivity index (χ1n) is 3.76. The van der Waals surface area contributed by atoms with Crippen molar-refractivity contribution in [1.29, 1.82) is 0 Å². The van der Waals surface area contributed by atoms with Crippen molar-refractivity contribution >= 4 is 17.6 Å². The molecule has 0 heterocycles. The highest BCUT2D eigenvalue weighted by atomic mass is 35.5. The number of benzene rings is 1. The molecule has 1 aromatic carbocycles. The molecule has 13 heavy (non-hydrogen) atoms. The Hall–Kier alpha value is -0.930. The van der Waals surface area contributed by atoms with Crippen molar-refractivity contribution in [2.24, 2.45) is 0 Å². The average molecular weight is 204 g/mol. The van der Waals surface area contributed by atoms with Crippen molar-refractivity contribution < 1.29 is 9.77 Å². The zero-order chi connectivity index (χ0) is 10.6. The molecule has 0 saturated heterocycles. The zero-order valence-electron chi connectivity index (χ0n) is 7.93. The highest BCUT2D eigenvalue weighted by Crippen LogP contribution is 2.28. The Morgan fingerprint density at radius 2 is 1.62 bits per heavy atom. The van der Waals surface area contributed by atoms with Crippen molar-refractivity contribution in [3.63, 3.8) is 0 Å². The van der Waals surface area contributed by atoms with Crippen LogP contribution in [-0.4, -0.2) is 9.77 Å². The number of phenols is 1. The molecule has 0 fully saturated rings.